The number of hydrogen-bond donors (Lipinski definition) is 0. The van der Waals surface area contributed by atoms with Gasteiger partial charge in [-0.3, -0.25) is 14.4 Å². The second-order valence-electron chi connectivity index (χ2n) is 17.0. The molecule has 0 rings (SSSR count). The van der Waals surface area contributed by atoms with E-state index in [1.807, 2.05) is 0 Å². The SMILES string of the molecule is CC/C=C\C/C=C\C/C=C\CCCCCCC(=O)OC(COC(=O)CCCCCCC/C=C\CCCCCCCCC)COC(=O)CCCCCCCCC/C=C\C/C=C\CC. The summed E-state index contributed by atoms with van der Waals surface area (Å²) < 4.78 is 16.8. The quantitative estimate of drug-likeness (QED) is 0.0262. The van der Waals surface area contributed by atoms with Crippen LogP contribution >= 0.6 is 0 Å². The summed E-state index contributed by atoms with van der Waals surface area (Å²) in [6, 6.07) is 0. The Morgan fingerprint density at radius 3 is 1.00 bits per heavy atom. The Morgan fingerprint density at radius 1 is 0.339 bits per heavy atom. The number of ether oxygens (including phenoxy) is 3. The van der Waals surface area contributed by atoms with E-state index in [1.165, 1.54) is 89.9 Å². The van der Waals surface area contributed by atoms with Gasteiger partial charge in [0, 0.05) is 19.3 Å². The molecule has 0 aliphatic heterocycles. The van der Waals surface area contributed by atoms with Crippen LogP contribution < -0.4 is 0 Å². The standard InChI is InChI=1S/C56H96O6/c1-4-7-10-13-16-19-22-25-28-29-32-34-37-40-43-46-49-55(58)61-52-53(62-56(59)50-47-44-41-38-35-31-27-24-21-18-15-12-9-6-3)51-60-54(57)48-45-42-39-36-33-30-26-23-20-17-14-11-8-5-2/h8-9,11-12,17-18,20-21,27-29,31,53H,4-7,10,13-16,19,22-26,30,32-52H2,1-3H3/b11-8-,12-9-,20-17-,21-18-,29-28-,31-27-. The molecule has 0 radical (unpaired) electrons. The van der Waals surface area contributed by atoms with Gasteiger partial charge in [0.25, 0.3) is 0 Å². The van der Waals surface area contributed by atoms with Gasteiger partial charge in [-0.15, -0.1) is 0 Å². The van der Waals surface area contributed by atoms with Crippen LogP contribution in [0.25, 0.3) is 0 Å². The van der Waals surface area contributed by atoms with Crippen LogP contribution in [0.5, 0.6) is 0 Å². The number of allylic oxidation sites excluding steroid dienone is 12. The van der Waals surface area contributed by atoms with E-state index in [-0.39, 0.29) is 31.1 Å². The summed E-state index contributed by atoms with van der Waals surface area (Å²) >= 11 is 0. The molecular weight excluding hydrogens is 769 g/mol. The van der Waals surface area contributed by atoms with Crippen LogP contribution in [0.2, 0.25) is 0 Å². The lowest BCUT2D eigenvalue weighted by Gasteiger charge is -2.18. The molecule has 6 nitrogen and oxygen atoms in total. The van der Waals surface area contributed by atoms with Crippen LogP contribution in [0.15, 0.2) is 72.9 Å². The molecule has 0 spiro atoms. The highest BCUT2D eigenvalue weighted by Crippen LogP contribution is 2.14. The van der Waals surface area contributed by atoms with Crippen LogP contribution in [-0.2, 0) is 28.6 Å². The van der Waals surface area contributed by atoms with Gasteiger partial charge in [-0.2, -0.15) is 0 Å². The third-order valence-corrected chi connectivity index (χ3v) is 10.9. The van der Waals surface area contributed by atoms with Crippen molar-refractivity contribution in [3.8, 4) is 0 Å². The smallest absolute Gasteiger partial charge is 0.306 e. The summed E-state index contributed by atoms with van der Waals surface area (Å²) in [6.07, 6.45) is 63.1. The highest BCUT2D eigenvalue weighted by atomic mass is 16.6. The van der Waals surface area contributed by atoms with Gasteiger partial charge >= 0.3 is 17.9 Å². The van der Waals surface area contributed by atoms with Crippen molar-refractivity contribution in [1.29, 1.82) is 0 Å². The van der Waals surface area contributed by atoms with E-state index in [2.05, 4.69) is 93.7 Å². The predicted molar refractivity (Wildman–Crippen MR) is 265 cm³/mol. The van der Waals surface area contributed by atoms with Gasteiger partial charge in [0.2, 0.25) is 0 Å². The number of esters is 3. The van der Waals surface area contributed by atoms with Gasteiger partial charge in [-0.25, -0.2) is 0 Å². The minimum absolute atomic E-state index is 0.0916. The third-order valence-electron chi connectivity index (χ3n) is 10.9. The van der Waals surface area contributed by atoms with Crippen molar-refractivity contribution < 1.29 is 28.6 Å². The largest absolute Gasteiger partial charge is 0.462 e. The molecule has 0 heterocycles. The molecule has 0 fully saturated rings. The minimum atomic E-state index is -0.793. The number of hydrogen-bond acceptors (Lipinski definition) is 6. The second-order valence-corrected chi connectivity index (χ2v) is 17.0. The van der Waals surface area contributed by atoms with E-state index in [4.69, 9.17) is 14.2 Å². The first-order valence-corrected chi connectivity index (χ1v) is 25.9. The third kappa shape index (κ3) is 47.9. The molecule has 0 saturated carbocycles. The highest BCUT2D eigenvalue weighted by Gasteiger charge is 2.19. The molecular formula is C56H96O6. The van der Waals surface area contributed by atoms with Gasteiger partial charge in [0.15, 0.2) is 6.10 Å². The molecule has 62 heavy (non-hydrogen) atoms. The van der Waals surface area contributed by atoms with E-state index in [1.54, 1.807) is 0 Å². The Kier molecular flexibility index (Phi) is 47.9. The lowest BCUT2D eigenvalue weighted by molar-refractivity contribution is -0.167. The first-order chi connectivity index (χ1) is 30.5. The van der Waals surface area contributed by atoms with E-state index in [0.29, 0.717) is 19.3 Å². The van der Waals surface area contributed by atoms with Gasteiger partial charge < -0.3 is 14.2 Å². The van der Waals surface area contributed by atoms with Crippen LogP contribution in [0.3, 0.4) is 0 Å². The minimum Gasteiger partial charge on any atom is -0.462 e. The van der Waals surface area contributed by atoms with Crippen molar-refractivity contribution in [3.05, 3.63) is 72.9 Å². The Morgan fingerprint density at radius 2 is 0.629 bits per heavy atom. The molecule has 0 aliphatic carbocycles. The summed E-state index contributed by atoms with van der Waals surface area (Å²) in [5.41, 5.74) is 0. The lowest BCUT2D eigenvalue weighted by Crippen LogP contribution is -2.30. The van der Waals surface area contributed by atoms with E-state index in [9.17, 15) is 14.4 Å². The maximum atomic E-state index is 12.8. The summed E-state index contributed by atoms with van der Waals surface area (Å²) in [6.45, 7) is 6.39. The molecule has 0 aromatic carbocycles. The van der Waals surface area contributed by atoms with Gasteiger partial charge in [-0.1, -0.05) is 196 Å². The zero-order valence-corrected chi connectivity index (χ0v) is 40.6. The monoisotopic (exact) mass is 865 g/mol. The number of carbonyl (C=O) groups is 3. The molecule has 1 atom stereocenters. The second kappa shape index (κ2) is 50.5. The summed E-state index contributed by atoms with van der Waals surface area (Å²) in [5, 5.41) is 0. The Balaban J connectivity index is 4.43. The first kappa shape index (κ1) is 58.9. The van der Waals surface area contributed by atoms with Crippen molar-refractivity contribution in [2.45, 2.75) is 252 Å². The van der Waals surface area contributed by atoms with Gasteiger partial charge in [0.1, 0.15) is 13.2 Å². The molecule has 0 aromatic heterocycles. The molecule has 0 amide bonds. The molecule has 6 heteroatoms. The fourth-order valence-corrected chi connectivity index (χ4v) is 7.08. The number of carbonyl (C=O) groups excluding carboxylic acids is 3. The maximum absolute atomic E-state index is 12.8. The average Bonchev–Trinajstić information content (AvgIpc) is 3.27. The lowest BCUT2D eigenvalue weighted by atomic mass is 10.1. The zero-order valence-electron chi connectivity index (χ0n) is 40.6. The van der Waals surface area contributed by atoms with Crippen LogP contribution in [-0.4, -0.2) is 37.2 Å². The molecule has 0 aromatic rings. The maximum Gasteiger partial charge on any atom is 0.306 e. The zero-order chi connectivity index (χ0) is 45.1. The van der Waals surface area contributed by atoms with Crippen LogP contribution in [0.1, 0.15) is 245 Å². The fourth-order valence-electron chi connectivity index (χ4n) is 7.08. The fraction of sp³-hybridized carbons (Fsp3) is 0.732. The van der Waals surface area contributed by atoms with Crippen LogP contribution in [0, 0.1) is 0 Å². The van der Waals surface area contributed by atoms with Gasteiger partial charge in [-0.05, 0) is 103 Å². The van der Waals surface area contributed by atoms with Crippen molar-refractivity contribution in [3.63, 3.8) is 0 Å². The Hall–Kier alpha value is -3.15. The summed E-state index contributed by atoms with van der Waals surface area (Å²) in [4.78, 5) is 38.0. The Bertz CT molecular complexity index is 1180. The topological polar surface area (TPSA) is 78.9 Å². The average molecular weight is 865 g/mol. The van der Waals surface area contributed by atoms with Gasteiger partial charge in [0.05, 0.1) is 0 Å². The van der Waals surface area contributed by atoms with E-state index >= 15 is 0 Å². The molecule has 356 valence electrons. The van der Waals surface area contributed by atoms with Crippen molar-refractivity contribution in [1.82, 2.24) is 0 Å². The Labute approximate surface area is 382 Å². The molecule has 0 N–H and O–H groups in total. The van der Waals surface area contributed by atoms with E-state index in [0.717, 1.165) is 116 Å². The molecule has 1 unspecified atom stereocenters. The predicted octanol–water partition coefficient (Wildman–Crippen LogP) is 17.0. The van der Waals surface area contributed by atoms with E-state index < -0.39 is 6.10 Å². The molecule has 0 saturated heterocycles. The normalized spacial score (nSPS) is 12.6. The van der Waals surface area contributed by atoms with Crippen molar-refractivity contribution in [2.75, 3.05) is 13.2 Å². The number of unbranched alkanes of at least 4 members (excludes halogenated alkanes) is 23. The van der Waals surface area contributed by atoms with Crippen molar-refractivity contribution >= 4 is 17.9 Å². The molecule has 0 aliphatic rings. The summed E-state index contributed by atoms with van der Waals surface area (Å²) in [5.74, 6) is -0.928. The first-order valence-electron chi connectivity index (χ1n) is 25.9. The van der Waals surface area contributed by atoms with Crippen molar-refractivity contribution in [2.24, 2.45) is 0 Å². The number of rotatable bonds is 46. The highest BCUT2D eigenvalue weighted by molar-refractivity contribution is 5.71. The summed E-state index contributed by atoms with van der Waals surface area (Å²) in [7, 11) is 0. The molecule has 0 bridgehead atoms. The van der Waals surface area contributed by atoms with Crippen LogP contribution in [0.4, 0.5) is 0 Å².